The summed E-state index contributed by atoms with van der Waals surface area (Å²) < 4.78 is 2.18. The molecule has 4 heteroatoms. The second-order valence-corrected chi connectivity index (χ2v) is 7.53. The van der Waals surface area contributed by atoms with E-state index in [2.05, 4.69) is 67.1 Å². The zero-order valence-electron chi connectivity index (χ0n) is 12.2. The van der Waals surface area contributed by atoms with Gasteiger partial charge in [-0.1, -0.05) is 44.0 Å². The van der Waals surface area contributed by atoms with Crippen molar-refractivity contribution in [3.63, 3.8) is 0 Å². The number of halogens is 2. The molecule has 0 spiro atoms. The summed E-state index contributed by atoms with van der Waals surface area (Å²) in [5.41, 5.74) is 5.58. The van der Waals surface area contributed by atoms with Crippen molar-refractivity contribution in [2.75, 3.05) is 4.90 Å². The molecule has 0 fully saturated rings. The number of rotatable bonds is 2. The number of allylic oxidation sites excluding steroid dienone is 4. The maximum atomic E-state index is 10.9. The molecule has 2 aromatic rings. The van der Waals surface area contributed by atoms with Gasteiger partial charge >= 0.3 is 0 Å². The molecule has 1 atom stereocenters. The fourth-order valence-corrected chi connectivity index (χ4v) is 4.06. The molecule has 1 unspecified atom stereocenters. The molecule has 0 amide bonds. The first-order valence-corrected chi connectivity index (χ1v) is 8.98. The molecule has 2 nitrogen and oxygen atoms in total. The number of hydrogen-bond acceptors (Lipinski definition) is 2. The Morgan fingerprint density at radius 1 is 1.09 bits per heavy atom. The molecule has 0 saturated heterocycles. The zero-order chi connectivity index (χ0) is 16.0. The number of benzene rings is 2. The van der Waals surface area contributed by atoms with E-state index in [-0.39, 0.29) is 0 Å². The number of carbonyl (C=O) groups excluding carboxylic acids is 1. The van der Waals surface area contributed by atoms with Crippen LogP contribution in [-0.4, -0.2) is 6.29 Å². The number of anilines is 2. The van der Waals surface area contributed by atoms with Crippen LogP contribution in [-0.2, 0) is 0 Å². The van der Waals surface area contributed by atoms with Gasteiger partial charge in [-0.05, 0) is 54.5 Å². The number of nitrogens with zero attached hydrogens (tertiary/aromatic N) is 1. The second-order valence-electron chi connectivity index (χ2n) is 5.69. The summed E-state index contributed by atoms with van der Waals surface area (Å²) in [5.74, 6) is 0.380. The molecular formula is C19H13Br2NO. The predicted octanol–water partition coefficient (Wildman–Crippen LogP) is 6.06. The van der Waals surface area contributed by atoms with Crippen LogP contribution in [0.1, 0.15) is 28.3 Å². The third-order valence-electron chi connectivity index (χ3n) is 4.35. The average Bonchev–Trinajstić information content (AvgIpc) is 2.87. The normalized spacial score (nSPS) is 18.9. The van der Waals surface area contributed by atoms with Crippen LogP contribution in [0.25, 0.3) is 0 Å². The highest BCUT2D eigenvalue weighted by atomic mass is 79.9. The van der Waals surface area contributed by atoms with Gasteiger partial charge in [-0.3, -0.25) is 4.79 Å². The summed E-state index contributed by atoms with van der Waals surface area (Å²) in [6.07, 6.45) is 6.28. The Balaban J connectivity index is 1.89. The van der Waals surface area contributed by atoms with Gasteiger partial charge in [0.15, 0.2) is 0 Å². The molecule has 4 rings (SSSR count). The Kier molecular flexibility index (Phi) is 3.74. The number of aldehydes is 1. The van der Waals surface area contributed by atoms with Gasteiger partial charge in [0.05, 0.1) is 5.69 Å². The fourth-order valence-electron chi connectivity index (χ4n) is 3.29. The van der Waals surface area contributed by atoms with Gasteiger partial charge in [0.2, 0.25) is 0 Å². The minimum atomic E-state index is 0.380. The van der Waals surface area contributed by atoms with Crippen LogP contribution >= 0.6 is 31.9 Å². The van der Waals surface area contributed by atoms with Crippen LogP contribution in [0.15, 0.2) is 69.3 Å². The van der Waals surface area contributed by atoms with Crippen molar-refractivity contribution in [3.05, 3.63) is 80.4 Å². The van der Waals surface area contributed by atoms with E-state index in [0.717, 1.165) is 27.3 Å². The predicted molar refractivity (Wildman–Crippen MR) is 101 cm³/mol. The third-order valence-corrected chi connectivity index (χ3v) is 5.39. The van der Waals surface area contributed by atoms with Crippen LogP contribution < -0.4 is 4.90 Å². The summed E-state index contributed by atoms with van der Waals surface area (Å²) >= 11 is 7.19. The van der Waals surface area contributed by atoms with Gasteiger partial charge in [-0.2, -0.15) is 0 Å². The number of carbonyl (C=O) groups is 1. The van der Waals surface area contributed by atoms with Crippen molar-refractivity contribution in [2.24, 2.45) is 0 Å². The van der Waals surface area contributed by atoms with Gasteiger partial charge < -0.3 is 4.90 Å². The molecular weight excluding hydrogens is 418 g/mol. The molecule has 0 aromatic heterocycles. The van der Waals surface area contributed by atoms with Crippen molar-refractivity contribution in [3.8, 4) is 0 Å². The van der Waals surface area contributed by atoms with Crippen molar-refractivity contribution < 1.29 is 4.79 Å². The highest BCUT2D eigenvalue weighted by molar-refractivity contribution is 9.12. The second kappa shape index (κ2) is 5.77. The first-order valence-electron chi connectivity index (χ1n) is 7.39. The topological polar surface area (TPSA) is 20.3 Å². The molecule has 0 radical (unpaired) electrons. The van der Waals surface area contributed by atoms with Gasteiger partial charge in [0, 0.05) is 31.8 Å². The summed E-state index contributed by atoms with van der Waals surface area (Å²) in [6, 6.07) is 14.2. The lowest BCUT2D eigenvalue weighted by Crippen LogP contribution is -2.15. The Morgan fingerprint density at radius 2 is 1.87 bits per heavy atom. The highest BCUT2D eigenvalue weighted by Crippen LogP contribution is 2.52. The Labute approximate surface area is 151 Å². The highest BCUT2D eigenvalue weighted by Gasteiger charge is 2.35. The van der Waals surface area contributed by atoms with E-state index in [1.165, 1.54) is 16.9 Å². The molecule has 1 heterocycles. The van der Waals surface area contributed by atoms with Crippen LogP contribution in [0.5, 0.6) is 0 Å². The number of hydrogen-bond donors (Lipinski definition) is 0. The zero-order valence-corrected chi connectivity index (χ0v) is 15.3. The molecule has 0 saturated carbocycles. The molecule has 0 N–H and O–H groups in total. The van der Waals surface area contributed by atoms with Gasteiger partial charge in [-0.25, -0.2) is 0 Å². The quantitative estimate of drug-likeness (QED) is 0.539. The van der Waals surface area contributed by atoms with Crippen LogP contribution in [0.3, 0.4) is 0 Å². The molecule has 2 aliphatic rings. The summed E-state index contributed by atoms with van der Waals surface area (Å²) in [4.78, 5) is 13.2. The molecule has 1 aliphatic heterocycles. The molecule has 2 aromatic carbocycles. The summed E-state index contributed by atoms with van der Waals surface area (Å²) in [5, 5.41) is 0. The van der Waals surface area contributed by atoms with E-state index in [9.17, 15) is 4.79 Å². The van der Waals surface area contributed by atoms with E-state index in [1.54, 1.807) is 0 Å². The maximum Gasteiger partial charge on any atom is 0.150 e. The Bertz CT molecular complexity index is 852. The minimum Gasteiger partial charge on any atom is -0.313 e. The molecule has 114 valence electrons. The molecule has 1 aliphatic carbocycles. The number of fused-ring (bicyclic) bond motifs is 3. The lowest BCUT2D eigenvalue weighted by molar-refractivity contribution is 0.112. The third kappa shape index (κ3) is 2.50. The van der Waals surface area contributed by atoms with Crippen LogP contribution in [0, 0.1) is 0 Å². The lowest BCUT2D eigenvalue weighted by atomic mass is 9.92. The summed E-state index contributed by atoms with van der Waals surface area (Å²) in [6.45, 7) is 0. The monoisotopic (exact) mass is 429 g/mol. The van der Waals surface area contributed by atoms with Crippen molar-refractivity contribution in [1.82, 2.24) is 0 Å². The van der Waals surface area contributed by atoms with Crippen LogP contribution in [0.4, 0.5) is 11.4 Å². The van der Waals surface area contributed by atoms with E-state index in [1.807, 2.05) is 24.3 Å². The largest absolute Gasteiger partial charge is 0.313 e. The van der Waals surface area contributed by atoms with Gasteiger partial charge in [-0.15, -0.1) is 0 Å². The molecule has 23 heavy (non-hydrogen) atoms. The fraction of sp³-hybridized carbons (Fsp3) is 0.105. The minimum absolute atomic E-state index is 0.380. The standard InChI is InChI=1S/C19H13Br2NO/c20-13-3-7-16-17-8-4-14(21)10-19(17)22(18(16)9-13)15-5-1-12(11-23)2-6-15/h1-7,9-11,17H,8H2. The SMILES string of the molecule is O=Cc1ccc(N2C3=CC(Br)=CCC3c3ccc(Br)cc32)cc1. The van der Waals surface area contributed by atoms with Gasteiger partial charge in [0.25, 0.3) is 0 Å². The van der Waals surface area contributed by atoms with Crippen molar-refractivity contribution in [1.29, 1.82) is 0 Å². The first-order chi connectivity index (χ1) is 11.2. The summed E-state index contributed by atoms with van der Waals surface area (Å²) in [7, 11) is 0. The smallest absolute Gasteiger partial charge is 0.150 e. The van der Waals surface area contributed by atoms with Crippen molar-refractivity contribution in [2.45, 2.75) is 12.3 Å². The van der Waals surface area contributed by atoms with E-state index < -0.39 is 0 Å². The Hall–Kier alpha value is -1.65. The van der Waals surface area contributed by atoms with Gasteiger partial charge in [0.1, 0.15) is 6.29 Å². The lowest BCUT2D eigenvalue weighted by Gasteiger charge is -2.25. The van der Waals surface area contributed by atoms with E-state index in [4.69, 9.17) is 0 Å². The Morgan fingerprint density at radius 3 is 2.61 bits per heavy atom. The maximum absolute atomic E-state index is 10.9. The van der Waals surface area contributed by atoms with Crippen LogP contribution in [0.2, 0.25) is 0 Å². The molecule has 0 bridgehead atoms. The van der Waals surface area contributed by atoms with Crippen molar-refractivity contribution >= 4 is 49.5 Å². The first kappa shape index (κ1) is 14.9. The average molecular weight is 431 g/mol. The van der Waals surface area contributed by atoms with E-state index in [0.29, 0.717) is 11.5 Å². The van der Waals surface area contributed by atoms with E-state index >= 15 is 0 Å².